The summed E-state index contributed by atoms with van der Waals surface area (Å²) in [7, 11) is 0. The molecule has 1 aromatic rings. The molecule has 2 N–H and O–H groups in total. The van der Waals surface area contributed by atoms with E-state index < -0.39 is 5.60 Å². The van der Waals surface area contributed by atoms with E-state index in [9.17, 15) is 4.79 Å². The molecule has 1 fully saturated rings. The van der Waals surface area contributed by atoms with Gasteiger partial charge in [0.05, 0.1) is 11.8 Å². The Morgan fingerprint density at radius 2 is 1.74 bits per heavy atom. The number of hydrogen-bond donors (Lipinski definition) is 1. The normalized spacial score (nSPS) is 23.4. The monoisotopic (exact) mass is 376 g/mol. The molecule has 1 unspecified atom stereocenters. The average Bonchev–Trinajstić information content (AvgIpc) is 2.46. The standard InChI is InChI=1S/C22H36N2O3/c1-13(2)26-20-12-18(14(3)9-19(20)23)17-10-15(4)24(16(5)11-17)21(25)27-22(6,7)8/h9,12-13,15-17H,10-11,23H2,1-8H3/t15-,16+,17?. The zero-order valence-electron chi connectivity index (χ0n) is 18.1. The molecule has 5 heteroatoms. The molecule has 1 aromatic carbocycles. The van der Waals surface area contributed by atoms with Crippen LogP contribution in [0.25, 0.3) is 0 Å². The Balaban J connectivity index is 2.22. The third kappa shape index (κ3) is 5.30. The van der Waals surface area contributed by atoms with Crippen LogP contribution in [0, 0.1) is 6.92 Å². The van der Waals surface area contributed by atoms with Crippen molar-refractivity contribution in [3.05, 3.63) is 23.3 Å². The van der Waals surface area contributed by atoms with Crippen molar-refractivity contribution in [2.45, 2.75) is 97.9 Å². The second-order valence-electron chi connectivity index (χ2n) is 9.17. The predicted molar refractivity (Wildman–Crippen MR) is 110 cm³/mol. The van der Waals surface area contributed by atoms with Crippen LogP contribution in [-0.2, 0) is 4.74 Å². The van der Waals surface area contributed by atoms with E-state index in [1.165, 1.54) is 11.1 Å². The lowest BCUT2D eigenvalue weighted by atomic mass is 9.80. The van der Waals surface area contributed by atoms with Gasteiger partial charge in [-0.05, 0) is 97.4 Å². The fraction of sp³-hybridized carbons (Fsp3) is 0.682. The number of hydrogen-bond acceptors (Lipinski definition) is 4. The third-order valence-corrected chi connectivity index (χ3v) is 5.01. The van der Waals surface area contributed by atoms with Crippen LogP contribution in [0.2, 0.25) is 0 Å². The maximum atomic E-state index is 12.6. The Morgan fingerprint density at radius 1 is 1.19 bits per heavy atom. The number of nitrogens with zero attached hydrogens (tertiary/aromatic N) is 1. The van der Waals surface area contributed by atoms with Gasteiger partial charge in [-0.2, -0.15) is 0 Å². The van der Waals surface area contributed by atoms with Gasteiger partial charge in [0.1, 0.15) is 11.4 Å². The maximum absolute atomic E-state index is 12.6. The first-order valence-corrected chi connectivity index (χ1v) is 9.97. The molecule has 152 valence electrons. The second-order valence-corrected chi connectivity index (χ2v) is 9.17. The van der Waals surface area contributed by atoms with E-state index in [4.69, 9.17) is 15.2 Å². The van der Waals surface area contributed by atoms with Crippen LogP contribution in [-0.4, -0.2) is 34.8 Å². The first-order chi connectivity index (χ1) is 12.4. The predicted octanol–water partition coefficient (Wildman–Crippen LogP) is 5.26. The summed E-state index contributed by atoms with van der Waals surface area (Å²) in [4.78, 5) is 14.5. The van der Waals surface area contributed by atoms with E-state index in [-0.39, 0.29) is 24.3 Å². The van der Waals surface area contributed by atoms with Gasteiger partial charge >= 0.3 is 6.09 Å². The highest BCUT2D eigenvalue weighted by Crippen LogP contribution is 2.40. The van der Waals surface area contributed by atoms with Gasteiger partial charge in [0.2, 0.25) is 0 Å². The lowest BCUT2D eigenvalue weighted by Crippen LogP contribution is -2.51. The molecule has 0 saturated carbocycles. The van der Waals surface area contributed by atoms with E-state index >= 15 is 0 Å². The van der Waals surface area contributed by atoms with Gasteiger partial charge in [-0.3, -0.25) is 0 Å². The molecule has 3 atom stereocenters. The van der Waals surface area contributed by atoms with Crippen molar-refractivity contribution in [2.24, 2.45) is 0 Å². The molecule has 0 aliphatic carbocycles. The van der Waals surface area contributed by atoms with Crippen LogP contribution < -0.4 is 10.5 Å². The Kier molecular flexibility index (Phi) is 6.33. The van der Waals surface area contributed by atoms with Crippen LogP contribution in [0.1, 0.15) is 78.4 Å². The van der Waals surface area contributed by atoms with Crippen molar-refractivity contribution in [3.8, 4) is 5.75 Å². The minimum absolute atomic E-state index is 0.0784. The third-order valence-electron chi connectivity index (χ3n) is 5.01. The molecule has 1 aliphatic heterocycles. The lowest BCUT2D eigenvalue weighted by molar-refractivity contribution is -0.00258. The zero-order valence-corrected chi connectivity index (χ0v) is 18.1. The largest absolute Gasteiger partial charge is 0.489 e. The Hall–Kier alpha value is -1.91. The number of carbonyl (C=O) groups excluding carboxylic acids is 1. The Bertz CT molecular complexity index is 667. The van der Waals surface area contributed by atoms with Gasteiger partial charge in [0.15, 0.2) is 0 Å². The SMILES string of the molecule is Cc1cc(N)c(OC(C)C)cc1C1C[C@@H](C)N(C(=O)OC(C)(C)C)[C@@H](C)C1. The summed E-state index contributed by atoms with van der Waals surface area (Å²) in [6.45, 7) is 16.0. The minimum Gasteiger partial charge on any atom is -0.489 e. The van der Waals surface area contributed by atoms with Crippen molar-refractivity contribution in [2.75, 3.05) is 5.73 Å². The number of aryl methyl sites for hydroxylation is 1. The Morgan fingerprint density at radius 3 is 2.22 bits per heavy atom. The van der Waals surface area contributed by atoms with Crippen LogP contribution >= 0.6 is 0 Å². The number of likely N-dealkylation sites (tertiary alicyclic amines) is 1. The van der Waals surface area contributed by atoms with Crippen molar-refractivity contribution in [1.82, 2.24) is 4.90 Å². The van der Waals surface area contributed by atoms with Crippen LogP contribution in [0.4, 0.5) is 10.5 Å². The quantitative estimate of drug-likeness (QED) is 0.731. The lowest BCUT2D eigenvalue weighted by Gasteiger charge is -2.43. The van der Waals surface area contributed by atoms with Gasteiger partial charge in [0, 0.05) is 12.1 Å². The van der Waals surface area contributed by atoms with Crippen LogP contribution in [0.3, 0.4) is 0 Å². The molecule has 0 radical (unpaired) electrons. The van der Waals surface area contributed by atoms with E-state index in [1.54, 1.807) is 0 Å². The number of benzene rings is 1. The topological polar surface area (TPSA) is 64.8 Å². The zero-order chi connectivity index (χ0) is 20.5. The van der Waals surface area contributed by atoms with E-state index in [0.717, 1.165) is 18.6 Å². The Labute approximate surface area is 164 Å². The number of piperidine rings is 1. The van der Waals surface area contributed by atoms with Crippen LogP contribution in [0.5, 0.6) is 5.75 Å². The smallest absolute Gasteiger partial charge is 0.410 e. The number of amides is 1. The van der Waals surface area contributed by atoms with Crippen molar-refractivity contribution in [1.29, 1.82) is 0 Å². The van der Waals surface area contributed by atoms with Gasteiger partial charge in [0.25, 0.3) is 0 Å². The fourth-order valence-electron chi connectivity index (χ4n) is 4.03. The molecule has 0 aromatic heterocycles. The molecular weight excluding hydrogens is 340 g/mol. The molecule has 2 rings (SSSR count). The van der Waals surface area contributed by atoms with Gasteiger partial charge in [-0.25, -0.2) is 4.79 Å². The van der Waals surface area contributed by atoms with Gasteiger partial charge in [-0.15, -0.1) is 0 Å². The highest BCUT2D eigenvalue weighted by Gasteiger charge is 2.37. The van der Waals surface area contributed by atoms with Crippen LogP contribution in [0.15, 0.2) is 12.1 Å². The molecular formula is C22H36N2O3. The number of carbonyl (C=O) groups is 1. The average molecular weight is 377 g/mol. The summed E-state index contributed by atoms with van der Waals surface area (Å²) in [5, 5.41) is 0. The number of ether oxygens (including phenoxy) is 2. The van der Waals surface area contributed by atoms with E-state index in [1.807, 2.05) is 45.6 Å². The summed E-state index contributed by atoms with van der Waals surface area (Å²) in [6, 6.07) is 4.32. The number of anilines is 1. The van der Waals surface area contributed by atoms with Gasteiger partial charge < -0.3 is 20.1 Å². The van der Waals surface area contributed by atoms with Crippen molar-refractivity contribution in [3.63, 3.8) is 0 Å². The second kappa shape index (κ2) is 7.99. The molecule has 1 heterocycles. The summed E-state index contributed by atoms with van der Waals surface area (Å²) in [5.74, 6) is 1.12. The highest BCUT2D eigenvalue weighted by atomic mass is 16.6. The molecule has 5 nitrogen and oxygen atoms in total. The maximum Gasteiger partial charge on any atom is 0.410 e. The van der Waals surface area contributed by atoms with Crippen molar-refractivity contribution < 1.29 is 14.3 Å². The number of rotatable bonds is 3. The molecule has 1 aliphatic rings. The fourth-order valence-corrected chi connectivity index (χ4v) is 4.03. The minimum atomic E-state index is -0.482. The van der Waals surface area contributed by atoms with E-state index in [2.05, 4.69) is 26.8 Å². The number of nitrogen functional groups attached to an aromatic ring is 1. The molecule has 0 spiro atoms. The summed E-state index contributed by atoms with van der Waals surface area (Å²) in [6.07, 6.45) is 1.65. The first-order valence-electron chi connectivity index (χ1n) is 9.97. The summed E-state index contributed by atoms with van der Waals surface area (Å²) in [5.41, 5.74) is 8.79. The highest BCUT2D eigenvalue weighted by molar-refractivity contribution is 5.69. The summed E-state index contributed by atoms with van der Waals surface area (Å²) < 4.78 is 11.5. The summed E-state index contributed by atoms with van der Waals surface area (Å²) >= 11 is 0. The molecule has 0 bridgehead atoms. The first kappa shape index (κ1) is 21.4. The molecule has 1 amide bonds. The van der Waals surface area contributed by atoms with Gasteiger partial charge in [-0.1, -0.05) is 0 Å². The number of nitrogens with two attached hydrogens (primary N) is 1. The van der Waals surface area contributed by atoms with Crippen molar-refractivity contribution >= 4 is 11.8 Å². The molecule has 27 heavy (non-hydrogen) atoms. The molecule has 1 saturated heterocycles. The van der Waals surface area contributed by atoms with E-state index in [0.29, 0.717) is 11.6 Å².